The van der Waals surface area contributed by atoms with Crippen LogP contribution in [0.3, 0.4) is 0 Å². The number of carbonyl (C=O) groups excluding carboxylic acids is 1. The van der Waals surface area contributed by atoms with Crippen LogP contribution in [0.25, 0.3) is 0 Å². The van der Waals surface area contributed by atoms with E-state index in [1.54, 1.807) is 0 Å². The Morgan fingerprint density at radius 3 is 2.77 bits per heavy atom. The summed E-state index contributed by atoms with van der Waals surface area (Å²) < 4.78 is 37.4. The van der Waals surface area contributed by atoms with Crippen LogP contribution in [0, 0.1) is 0 Å². The van der Waals surface area contributed by atoms with Gasteiger partial charge in [-0.2, -0.15) is 0 Å². The van der Waals surface area contributed by atoms with Crippen molar-refractivity contribution in [1.82, 2.24) is 4.72 Å². The minimum atomic E-state index is -2.37. The average Bonchev–Trinajstić information content (AvgIpc) is 2.04. The maximum Gasteiger partial charge on any atom is 0.335 e. The predicted molar refractivity (Wildman–Crippen MR) is 42.7 cm³/mol. The van der Waals surface area contributed by atoms with Gasteiger partial charge in [0.25, 0.3) is 0 Å². The topological polar surface area (TPSA) is 78.5 Å². The van der Waals surface area contributed by atoms with Crippen molar-refractivity contribution in [2.75, 3.05) is 13.4 Å². The highest BCUT2D eigenvalue weighted by atomic mass is 32.2. The molecular formula is C6H9FNO4S-. The molecular weight excluding hydrogens is 201 g/mol. The van der Waals surface area contributed by atoms with Crippen LogP contribution in [0.15, 0.2) is 12.2 Å². The Kier molecular flexibility index (Phi) is 6.29. The molecule has 0 rings (SSSR count). The second-order valence-electron chi connectivity index (χ2n) is 2.02. The molecule has 7 heteroatoms. The van der Waals surface area contributed by atoms with Gasteiger partial charge in [0.1, 0.15) is 0 Å². The molecule has 0 bridgehead atoms. The molecule has 0 saturated heterocycles. The van der Waals surface area contributed by atoms with Crippen LogP contribution in [0.4, 0.5) is 4.39 Å². The van der Waals surface area contributed by atoms with E-state index in [-0.39, 0.29) is 18.5 Å². The Hall–Kier alpha value is -0.790. The molecule has 0 aliphatic rings. The number of ether oxygens (including phenoxy) is 1. The number of esters is 1. The number of alkyl halides is 1. The van der Waals surface area contributed by atoms with Gasteiger partial charge in [-0.25, -0.2) is 13.9 Å². The summed E-state index contributed by atoms with van der Waals surface area (Å²) in [6, 6.07) is 0. The molecule has 1 atom stereocenters. The van der Waals surface area contributed by atoms with E-state index in [9.17, 15) is 17.9 Å². The molecule has 0 aliphatic carbocycles. The highest BCUT2D eigenvalue weighted by molar-refractivity contribution is 7.77. The minimum absolute atomic E-state index is 0.0237. The first kappa shape index (κ1) is 12.2. The van der Waals surface area contributed by atoms with Crippen molar-refractivity contribution < 1.29 is 22.7 Å². The van der Waals surface area contributed by atoms with Gasteiger partial charge in [0.15, 0.2) is 0 Å². The quantitative estimate of drug-likeness (QED) is 0.373. The van der Waals surface area contributed by atoms with Gasteiger partial charge < -0.3 is 9.29 Å². The van der Waals surface area contributed by atoms with Gasteiger partial charge in [0.05, 0.1) is 0 Å². The minimum Gasteiger partial charge on any atom is -0.760 e. The molecule has 0 radical (unpaired) electrons. The molecule has 1 unspecified atom stereocenters. The van der Waals surface area contributed by atoms with Crippen molar-refractivity contribution in [3.8, 4) is 0 Å². The Morgan fingerprint density at radius 1 is 1.69 bits per heavy atom. The summed E-state index contributed by atoms with van der Waals surface area (Å²) in [5.74, 6) is -0.860. The van der Waals surface area contributed by atoms with Crippen molar-refractivity contribution in [1.29, 1.82) is 0 Å². The standard InChI is InChI=1S/C6H10FNO4S/c1-5(6(9)12-4-7)2-3-8-13(10)11/h8H,1-4H2,(H,10,11)/p-1. The fourth-order valence-corrected chi connectivity index (χ4v) is 0.808. The van der Waals surface area contributed by atoms with E-state index in [1.807, 2.05) is 4.72 Å². The number of carbonyl (C=O) groups is 1. The lowest BCUT2D eigenvalue weighted by Gasteiger charge is -2.07. The zero-order valence-electron chi connectivity index (χ0n) is 6.75. The van der Waals surface area contributed by atoms with E-state index in [2.05, 4.69) is 11.3 Å². The third kappa shape index (κ3) is 6.38. The van der Waals surface area contributed by atoms with Crippen LogP contribution in [0.1, 0.15) is 6.42 Å². The molecule has 0 aromatic carbocycles. The van der Waals surface area contributed by atoms with Crippen LogP contribution in [0.5, 0.6) is 0 Å². The molecule has 0 amide bonds. The molecule has 0 spiro atoms. The molecule has 0 aromatic rings. The van der Waals surface area contributed by atoms with Gasteiger partial charge in [0, 0.05) is 23.4 Å². The van der Waals surface area contributed by atoms with Crippen LogP contribution in [-0.4, -0.2) is 28.1 Å². The average molecular weight is 210 g/mol. The Labute approximate surface area is 77.4 Å². The number of hydrogen-bond donors (Lipinski definition) is 1. The maximum atomic E-state index is 11.5. The number of nitrogens with one attached hydrogen (secondary N) is 1. The Bertz CT molecular complexity index is 221. The smallest absolute Gasteiger partial charge is 0.335 e. The third-order valence-corrected chi connectivity index (χ3v) is 1.56. The van der Waals surface area contributed by atoms with Gasteiger partial charge >= 0.3 is 5.97 Å². The van der Waals surface area contributed by atoms with E-state index >= 15 is 0 Å². The maximum absolute atomic E-state index is 11.5. The van der Waals surface area contributed by atoms with Crippen molar-refractivity contribution in [2.24, 2.45) is 0 Å². The van der Waals surface area contributed by atoms with E-state index in [4.69, 9.17) is 0 Å². The van der Waals surface area contributed by atoms with E-state index in [1.165, 1.54) is 0 Å². The summed E-state index contributed by atoms with van der Waals surface area (Å²) in [5, 5.41) is 0. The molecule has 5 nitrogen and oxygen atoms in total. The summed E-state index contributed by atoms with van der Waals surface area (Å²) in [5.41, 5.74) is 0.0237. The number of hydrogen-bond acceptors (Lipinski definition) is 4. The first-order valence-corrected chi connectivity index (χ1v) is 4.39. The molecule has 0 saturated carbocycles. The SMILES string of the molecule is C=C(CCNS(=O)[O-])C(=O)OCF. The molecule has 0 aliphatic heterocycles. The normalized spacial score (nSPS) is 12.2. The Morgan fingerprint density at radius 2 is 2.31 bits per heavy atom. The first-order chi connectivity index (χ1) is 6.07. The zero-order valence-corrected chi connectivity index (χ0v) is 7.56. The van der Waals surface area contributed by atoms with Gasteiger partial charge in [-0.1, -0.05) is 6.58 Å². The van der Waals surface area contributed by atoms with Crippen molar-refractivity contribution in [3.05, 3.63) is 12.2 Å². The number of halogens is 1. The fourth-order valence-electron chi connectivity index (χ4n) is 0.539. The van der Waals surface area contributed by atoms with Crippen LogP contribution in [0.2, 0.25) is 0 Å². The van der Waals surface area contributed by atoms with Crippen LogP contribution >= 0.6 is 0 Å². The summed E-state index contributed by atoms with van der Waals surface area (Å²) in [4.78, 5) is 10.7. The van der Waals surface area contributed by atoms with Crippen LogP contribution < -0.4 is 4.72 Å². The third-order valence-electron chi connectivity index (χ3n) is 1.12. The molecule has 13 heavy (non-hydrogen) atoms. The lowest BCUT2D eigenvalue weighted by atomic mass is 10.2. The zero-order chi connectivity index (χ0) is 10.3. The lowest BCUT2D eigenvalue weighted by molar-refractivity contribution is -0.143. The highest BCUT2D eigenvalue weighted by Crippen LogP contribution is 1.99. The predicted octanol–water partition coefficient (Wildman–Crippen LogP) is -0.213. The Balaban J connectivity index is 3.62. The fraction of sp³-hybridized carbons (Fsp3) is 0.500. The summed E-state index contributed by atoms with van der Waals surface area (Å²) in [6.07, 6.45) is 0.0901. The van der Waals surface area contributed by atoms with Crippen molar-refractivity contribution in [3.63, 3.8) is 0 Å². The van der Waals surface area contributed by atoms with Gasteiger partial charge in [0.2, 0.25) is 6.86 Å². The molecule has 1 N–H and O–H groups in total. The van der Waals surface area contributed by atoms with E-state index in [0.29, 0.717) is 0 Å². The monoisotopic (exact) mass is 210 g/mol. The second-order valence-corrected chi connectivity index (χ2v) is 2.78. The summed E-state index contributed by atoms with van der Waals surface area (Å²) >= 11 is -2.37. The van der Waals surface area contributed by atoms with Crippen LogP contribution in [-0.2, 0) is 20.8 Å². The summed E-state index contributed by atoms with van der Waals surface area (Å²) in [7, 11) is 0. The first-order valence-electron chi connectivity index (χ1n) is 3.31. The van der Waals surface area contributed by atoms with Crippen molar-refractivity contribution >= 4 is 17.2 Å². The highest BCUT2D eigenvalue weighted by Gasteiger charge is 2.06. The molecule has 0 heterocycles. The summed E-state index contributed by atoms with van der Waals surface area (Å²) in [6.45, 7) is 2.12. The van der Waals surface area contributed by atoms with E-state index in [0.717, 1.165) is 0 Å². The lowest BCUT2D eigenvalue weighted by Crippen LogP contribution is -2.19. The van der Waals surface area contributed by atoms with Gasteiger partial charge in [-0.05, 0) is 6.42 Å². The van der Waals surface area contributed by atoms with Gasteiger partial charge in [-0.3, -0.25) is 4.21 Å². The van der Waals surface area contributed by atoms with E-state index < -0.39 is 24.1 Å². The second kappa shape index (κ2) is 6.70. The largest absolute Gasteiger partial charge is 0.760 e. The van der Waals surface area contributed by atoms with Crippen molar-refractivity contribution in [2.45, 2.75) is 6.42 Å². The molecule has 76 valence electrons. The van der Waals surface area contributed by atoms with Gasteiger partial charge in [-0.15, -0.1) is 0 Å². The molecule has 0 fully saturated rings. The number of rotatable bonds is 6. The molecule has 0 aromatic heterocycles.